The second kappa shape index (κ2) is 6.89. The van der Waals surface area contributed by atoms with Gasteiger partial charge in [-0.3, -0.25) is 4.79 Å². The van der Waals surface area contributed by atoms with Crippen LogP contribution in [0, 0.1) is 20.8 Å². The maximum Gasteiger partial charge on any atom is 0.409 e. The molecule has 0 spiro atoms. The Hall–Kier alpha value is -2.24. The van der Waals surface area contributed by atoms with E-state index in [2.05, 4.69) is 0 Å². The second-order valence-corrected chi connectivity index (χ2v) is 5.77. The van der Waals surface area contributed by atoms with Crippen molar-refractivity contribution in [2.45, 2.75) is 20.8 Å². The van der Waals surface area contributed by atoms with Gasteiger partial charge in [-0.25, -0.2) is 4.79 Å². The van der Waals surface area contributed by atoms with Crippen molar-refractivity contribution >= 4 is 12.0 Å². The molecule has 0 radical (unpaired) electrons. The van der Waals surface area contributed by atoms with Crippen LogP contribution in [-0.4, -0.2) is 62.2 Å². The molecule has 1 saturated heterocycles. The molecule has 1 aliphatic heterocycles. The summed E-state index contributed by atoms with van der Waals surface area (Å²) in [6, 6.07) is 1.89. The van der Waals surface area contributed by atoms with Gasteiger partial charge in [0.1, 0.15) is 5.75 Å². The van der Waals surface area contributed by atoms with Gasteiger partial charge in [-0.05, 0) is 43.5 Å². The Balaban J connectivity index is 2.18. The number of piperazine rings is 1. The fourth-order valence-electron chi connectivity index (χ4n) is 2.99. The number of nitrogens with zero attached hydrogens (tertiary/aromatic N) is 2. The lowest BCUT2D eigenvalue weighted by Gasteiger charge is -2.34. The van der Waals surface area contributed by atoms with E-state index in [-0.39, 0.29) is 12.0 Å². The molecular weight excluding hydrogens is 296 g/mol. The fraction of sp³-hybridized carbons (Fsp3) is 0.529. The number of methoxy groups -OCH3 is 2. The zero-order valence-electron chi connectivity index (χ0n) is 14.4. The van der Waals surface area contributed by atoms with Crippen molar-refractivity contribution in [1.82, 2.24) is 9.80 Å². The molecule has 0 aliphatic carbocycles. The third-order valence-electron chi connectivity index (χ3n) is 4.46. The molecule has 0 bridgehead atoms. The van der Waals surface area contributed by atoms with Gasteiger partial charge in [0.25, 0.3) is 5.91 Å². The zero-order valence-corrected chi connectivity index (χ0v) is 14.4. The first-order chi connectivity index (χ1) is 10.9. The van der Waals surface area contributed by atoms with Crippen LogP contribution >= 0.6 is 0 Å². The second-order valence-electron chi connectivity index (χ2n) is 5.77. The number of ether oxygens (including phenoxy) is 2. The van der Waals surface area contributed by atoms with Crippen LogP contribution in [0.4, 0.5) is 4.79 Å². The molecule has 2 amide bonds. The Morgan fingerprint density at radius 2 is 1.52 bits per heavy atom. The molecule has 6 heteroatoms. The Bertz CT molecular complexity index is 620. The lowest BCUT2D eigenvalue weighted by molar-refractivity contribution is 0.0599. The molecule has 1 aliphatic rings. The molecule has 0 aromatic heterocycles. The predicted octanol–water partition coefficient (Wildman–Crippen LogP) is 2.14. The lowest BCUT2D eigenvalue weighted by atomic mass is 9.97. The van der Waals surface area contributed by atoms with Gasteiger partial charge in [0.05, 0.1) is 14.2 Å². The molecular formula is C17H24N2O4. The number of hydrogen-bond donors (Lipinski definition) is 0. The highest BCUT2D eigenvalue weighted by Crippen LogP contribution is 2.29. The summed E-state index contributed by atoms with van der Waals surface area (Å²) in [5.74, 6) is 0.829. The number of benzene rings is 1. The Morgan fingerprint density at radius 1 is 0.957 bits per heavy atom. The van der Waals surface area contributed by atoms with Gasteiger partial charge in [-0.2, -0.15) is 0 Å². The van der Waals surface area contributed by atoms with Crippen molar-refractivity contribution in [3.63, 3.8) is 0 Å². The minimum atomic E-state index is -0.343. The van der Waals surface area contributed by atoms with E-state index < -0.39 is 0 Å². The lowest BCUT2D eigenvalue weighted by Crippen LogP contribution is -2.50. The molecule has 23 heavy (non-hydrogen) atoms. The quantitative estimate of drug-likeness (QED) is 0.838. The average molecular weight is 320 g/mol. The minimum absolute atomic E-state index is 0.000805. The van der Waals surface area contributed by atoms with Gasteiger partial charge in [0.2, 0.25) is 0 Å². The summed E-state index contributed by atoms with van der Waals surface area (Å²) in [5, 5.41) is 0. The molecule has 0 unspecified atom stereocenters. The minimum Gasteiger partial charge on any atom is -0.496 e. The molecule has 1 aromatic carbocycles. The van der Waals surface area contributed by atoms with Crippen LogP contribution in [0.25, 0.3) is 0 Å². The fourth-order valence-corrected chi connectivity index (χ4v) is 2.99. The molecule has 0 N–H and O–H groups in total. The van der Waals surface area contributed by atoms with Gasteiger partial charge in [-0.1, -0.05) is 0 Å². The van der Waals surface area contributed by atoms with Crippen LogP contribution in [-0.2, 0) is 4.74 Å². The normalized spacial score (nSPS) is 14.7. The van der Waals surface area contributed by atoms with Gasteiger partial charge < -0.3 is 19.3 Å². The topological polar surface area (TPSA) is 59.1 Å². The van der Waals surface area contributed by atoms with Crippen LogP contribution in [0.5, 0.6) is 5.75 Å². The van der Waals surface area contributed by atoms with E-state index in [0.717, 1.165) is 22.4 Å². The highest BCUT2D eigenvalue weighted by atomic mass is 16.5. The first-order valence-corrected chi connectivity index (χ1v) is 7.67. The van der Waals surface area contributed by atoms with Crippen LogP contribution in [0.3, 0.4) is 0 Å². The summed E-state index contributed by atoms with van der Waals surface area (Å²) >= 11 is 0. The van der Waals surface area contributed by atoms with Crippen molar-refractivity contribution in [1.29, 1.82) is 0 Å². The van der Waals surface area contributed by atoms with Crippen molar-refractivity contribution in [3.8, 4) is 5.75 Å². The molecule has 0 atom stereocenters. The van der Waals surface area contributed by atoms with Crippen LogP contribution in [0.2, 0.25) is 0 Å². The molecule has 6 nitrogen and oxygen atoms in total. The summed E-state index contributed by atoms with van der Waals surface area (Å²) in [4.78, 5) is 27.7. The summed E-state index contributed by atoms with van der Waals surface area (Å²) in [6.45, 7) is 7.85. The number of hydrogen-bond acceptors (Lipinski definition) is 4. The van der Waals surface area contributed by atoms with E-state index in [1.165, 1.54) is 7.11 Å². The highest BCUT2D eigenvalue weighted by molar-refractivity contribution is 5.96. The van der Waals surface area contributed by atoms with Crippen molar-refractivity contribution in [2.24, 2.45) is 0 Å². The van der Waals surface area contributed by atoms with E-state index in [9.17, 15) is 9.59 Å². The molecule has 126 valence electrons. The summed E-state index contributed by atoms with van der Waals surface area (Å²) in [7, 11) is 3.01. The first-order valence-electron chi connectivity index (χ1n) is 7.67. The number of rotatable bonds is 2. The van der Waals surface area contributed by atoms with E-state index in [1.807, 2.05) is 26.8 Å². The van der Waals surface area contributed by atoms with E-state index in [0.29, 0.717) is 31.7 Å². The molecule has 1 fully saturated rings. The monoisotopic (exact) mass is 320 g/mol. The standard InChI is InChI=1S/C17H24N2O4/c1-11-10-14(12(2)13(3)15(11)22-4)16(20)18-6-8-19(9-7-18)17(21)23-5/h10H,6-9H2,1-5H3. The van der Waals surface area contributed by atoms with Gasteiger partial charge in [0.15, 0.2) is 0 Å². The summed E-state index contributed by atoms with van der Waals surface area (Å²) in [6.07, 6.45) is -0.343. The number of carbonyl (C=O) groups excluding carboxylic acids is 2. The van der Waals surface area contributed by atoms with Crippen molar-refractivity contribution in [2.75, 3.05) is 40.4 Å². The van der Waals surface area contributed by atoms with Crippen molar-refractivity contribution < 1.29 is 19.1 Å². The molecule has 1 aromatic rings. The Morgan fingerprint density at radius 3 is 2.04 bits per heavy atom. The smallest absolute Gasteiger partial charge is 0.409 e. The Labute approximate surface area is 137 Å². The third-order valence-corrected chi connectivity index (χ3v) is 4.46. The maximum absolute atomic E-state index is 12.8. The van der Waals surface area contributed by atoms with Crippen molar-refractivity contribution in [3.05, 3.63) is 28.3 Å². The predicted molar refractivity (Wildman–Crippen MR) is 87.1 cm³/mol. The summed E-state index contributed by atoms with van der Waals surface area (Å²) < 4.78 is 10.1. The Kier molecular flexibility index (Phi) is 5.13. The first kappa shape index (κ1) is 17.1. The summed E-state index contributed by atoms with van der Waals surface area (Å²) in [5.41, 5.74) is 3.58. The SMILES string of the molecule is COC(=O)N1CCN(C(=O)c2cc(C)c(OC)c(C)c2C)CC1. The van der Waals surface area contributed by atoms with E-state index in [4.69, 9.17) is 9.47 Å². The van der Waals surface area contributed by atoms with Crippen LogP contribution in [0.15, 0.2) is 6.07 Å². The largest absolute Gasteiger partial charge is 0.496 e. The molecule has 0 saturated carbocycles. The third kappa shape index (κ3) is 3.25. The van der Waals surface area contributed by atoms with Crippen LogP contribution in [0.1, 0.15) is 27.0 Å². The van der Waals surface area contributed by atoms with Gasteiger partial charge >= 0.3 is 6.09 Å². The maximum atomic E-state index is 12.8. The molecule has 2 rings (SSSR count). The highest BCUT2D eigenvalue weighted by Gasteiger charge is 2.27. The number of aryl methyl sites for hydroxylation is 1. The van der Waals surface area contributed by atoms with E-state index >= 15 is 0 Å². The number of carbonyl (C=O) groups is 2. The number of amides is 2. The van der Waals surface area contributed by atoms with Gasteiger partial charge in [0, 0.05) is 31.7 Å². The van der Waals surface area contributed by atoms with Crippen LogP contribution < -0.4 is 4.74 Å². The molecule has 1 heterocycles. The van der Waals surface area contributed by atoms with E-state index in [1.54, 1.807) is 16.9 Å². The zero-order chi connectivity index (χ0) is 17.1. The average Bonchev–Trinajstić information content (AvgIpc) is 2.57. The van der Waals surface area contributed by atoms with Gasteiger partial charge in [-0.15, -0.1) is 0 Å².